The van der Waals surface area contributed by atoms with E-state index in [-0.39, 0.29) is 5.82 Å². The van der Waals surface area contributed by atoms with Crippen LogP contribution in [0.5, 0.6) is 0 Å². The van der Waals surface area contributed by atoms with Crippen LogP contribution < -0.4 is 11.1 Å². The summed E-state index contributed by atoms with van der Waals surface area (Å²) in [6.07, 6.45) is 0. The molecule has 2 aromatic rings. The van der Waals surface area contributed by atoms with Crippen LogP contribution in [0.3, 0.4) is 0 Å². The Morgan fingerprint density at radius 3 is 2.72 bits per heavy atom. The average molecular weight is 249 g/mol. The minimum Gasteiger partial charge on any atom is -0.398 e. The maximum atomic E-state index is 13.0. The van der Waals surface area contributed by atoms with Crippen molar-refractivity contribution in [3.8, 4) is 11.4 Å². The van der Waals surface area contributed by atoms with E-state index in [1.807, 2.05) is 18.4 Å². The Bertz CT molecular complexity index is 549. The number of rotatable bonds is 4. The van der Waals surface area contributed by atoms with E-state index in [1.165, 1.54) is 12.1 Å². The minimum atomic E-state index is -0.356. The highest BCUT2D eigenvalue weighted by atomic mass is 19.1. The molecule has 0 spiro atoms. The standard InChI is InChI=1S/C12H16FN5/c1-3-15-12-17-16-11(18(12)4-2)9-6-5-8(13)7-10(9)14/h5-7H,3-4,14H2,1-2H3,(H,15,17). The van der Waals surface area contributed by atoms with E-state index in [1.54, 1.807) is 6.07 Å². The lowest BCUT2D eigenvalue weighted by Gasteiger charge is -2.09. The number of anilines is 2. The van der Waals surface area contributed by atoms with Crippen LogP contribution in [0.1, 0.15) is 13.8 Å². The summed E-state index contributed by atoms with van der Waals surface area (Å²) < 4.78 is 14.9. The van der Waals surface area contributed by atoms with Gasteiger partial charge in [-0.15, -0.1) is 10.2 Å². The van der Waals surface area contributed by atoms with Gasteiger partial charge in [0.1, 0.15) is 5.82 Å². The van der Waals surface area contributed by atoms with Crippen molar-refractivity contribution < 1.29 is 4.39 Å². The van der Waals surface area contributed by atoms with Crippen LogP contribution in [-0.2, 0) is 6.54 Å². The first-order valence-corrected chi connectivity index (χ1v) is 5.89. The molecule has 0 aliphatic rings. The van der Waals surface area contributed by atoms with Crippen molar-refractivity contribution >= 4 is 11.6 Å². The van der Waals surface area contributed by atoms with Gasteiger partial charge in [-0.2, -0.15) is 0 Å². The lowest BCUT2D eigenvalue weighted by Crippen LogP contribution is -2.07. The zero-order chi connectivity index (χ0) is 13.1. The molecule has 0 aliphatic heterocycles. The van der Waals surface area contributed by atoms with Gasteiger partial charge in [-0.3, -0.25) is 4.57 Å². The predicted molar refractivity (Wildman–Crippen MR) is 69.7 cm³/mol. The van der Waals surface area contributed by atoms with E-state index in [0.29, 0.717) is 29.6 Å². The van der Waals surface area contributed by atoms with Crippen molar-refractivity contribution in [3.63, 3.8) is 0 Å². The molecule has 0 amide bonds. The Hall–Kier alpha value is -2.11. The van der Waals surface area contributed by atoms with Gasteiger partial charge < -0.3 is 11.1 Å². The third-order valence-corrected chi connectivity index (χ3v) is 2.66. The van der Waals surface area contributed by atoms with Gasteiger partial charge in [-0.25, -0.2) is 4.39 Å². The van der Waals surface area contributed by atoms with Gasteiger partial charge in [-0.05, 0) is 32.0 Å². The molecule has 0 unspecified atom stereocenters. The van der Waals surface area contributed by atoms with Gasteiger partial charge in [0.15, 0.2) is 5.82 Å². The molecule has 18 heavy (non-hydrogen) atoms. The molecular formula is C12H16FN5. The highest BCUT2D eigenvalue weighted by Gasteiger charge is 2.14. The highest BCUT2D eigenvalue weighted by molar-refractivity contribution is 5.72. The molecule has 0 radical (unpaired) electrons. The van der Waals surface area contributed by atoms with Gasteiger partial charge >= 0.3 is 0 Å². The van der Waals surface area contributed by atoms with E-state index < -0.39 is 0 Å². The van der Waals surface area contributed by atoms with Gasteiger partial charge in [0.25, 0.3) is 0 Å². The Labute approximate surface area is 105 Å². The van der Waals surface area contributed by atoms with E-state index in [4.69, 9.17) is 5.73 Å². The monoisotopic (exact) mass is 249 g/mol. The summed E-state index contributed by atoms with van der Waals surface area (Å²) in [5.74, 6) is 0.982. The molecule has 0 saturated heterocycles. The van der Waals surface area contributed by atoms with Crippen molar-refractivity contribution in [1.82, 2.24) is 14.8 Å². The van der Waals surface area contributed by atoms with Crippen molar-refractivity contribution in [2.24, 2.45) is 0 Å². The van der Waals surface area contributed by atoms with E-state index in [2.05, 4.69) is 15.5 Å². The number of nitrogens with two attached hydrogens (primary N) is 1. The second kappa shape index (κ2) is 5.03. The molecule has 5 nitrogen and oxygen atoms in total. The van der Waals surface area contributed by atoms with Crippen LogP contribution in [0.25, 0.3) is 11.4 Å². The van der Waals surface area contributed by atoms with Crippen LogP contribution in [0.2, 0.25) is 0 Å². The van der Waals surface area contributed by atoms with Gasteiger partial charge in [0.2, 0.25) is 5.95 Å². The van der Waals surface area contributed by atoms with E-state index >= 15 is 0 Å². The molecule has 0 atom stereocenters. The van der Waals surface area contributed by atoms with Gasteiger partial charge in [-0.1, -0.05) is 0 Å². The third kappa shape index (κ3) is 2.13. The van der Waals surface area contributed by atoms with Crippen LogP contribution in [0.4, 0.5) is 16.0 Å². The first kappa shape index (κ1) is 12.3. The molecule has 0 saturated carbocycles. The number of aromatic nitrogens is 3. The Kier molecular flexibility index (Phi) is 3.45. The topological polar surface area (TPSA) is 68.8 Å². The fourth-order valence-electron chi connectivity index (χ4n) is 1.83. The first-order valence-electron chi connectivity index (χ1n) is 5.89. The Morgan fingerprint density at radius 2 is 2.11 bits per heavy atom. The van der Waals surface area contributed by atoms with E-state index in [0.717, 1.165) is 6.54 Å². The summed E-state index contributed by atoms with van der Waals surface area (Å²) in [6.45, 7) is 5.45. The maximum absolute atomic E-state index is 13.0. The Balaban J connectivity index is 2.50. The van der Waals surface area contributed by atoms with Gasteiger partial charge in [0.05, 0.1) is 0 Å². The number of nitrogens with zero attached hydrogens (tertiary/aromatic N) is 3. The quantitative estimate of drug-likeness (QED) is 0.814. The van der Waals surface area contributed by atoms with E-state index in [9.17, 15) is 4.39 Å². The second-order valence-corrected chi connectivity index (χ2v) is 3.85. The largest absolute Gasteiger partial charge is 0.398 e. The van der Waals surface area contributed by atoms with Crippen LogP contribution in [0.15, 0.2) is 18.2 Å². The molecule has 6 heteroatoms. The summed E-state index contributed by atoms with van der Waals surface area (Å²) >= 11 is 0. The molecule has 1 heterocycles. The van der Waals surface area contributed by atoms with Crippen molar-refractivity contribution in [1.29, 1.82) is 0 Å². The molecule has 0 aliphatic carbocycles. The van der Waals surface area contributed by atoms with Crippen LogP contribution in [0, 0.1) is 5.82 Å². The zero-order valence-electron chi connectivity index (χ0n) is 10.4. The maximum Gasteiger partial charge on any atom is 0.224 e. The lowest BCUT2D eigenvalue weighted by atomic mass is 10.1. The molecule has 0 bridgehead atoms. The zero-order valence-corrected chi connectivity index (χ0v) is 10.4. The summed E-state index contributed by atoms with van der Waals surface area (Å²) in [5, 5.41) is 11.3. The van der Waals surface area contributed by atoms with Crippen LogP contribution in [-0.4, -0.2) is 21.3 Å². The lowest BCUT2D eigenvalue weighted by molar-refractivity contribution is 0.628. The predicted octanol–water partition coefficient (Wildman–Crippen LogP) is 2.12. The van der Waals surface area contributed by atoms with Crippen molar-refractivity contribution in [2.75, 3.05) is 17.6 Å². The van der Waals surface area contributed by atoms with Gasteiger partial charge in [0, 0.05) is 24.3 Å². The average Bonchev–Trinajstić information content (AvgIpc) is 2.72. The number of halogens is 1. The summed E-state index contributed by atoms with van der Waals surface area (Å²) in [6, 6.07) is 4.28. The molecule has 3 N–H and O–H groups in total. The van der Waals surface area contributed by atoms with Crippen LogP contribution >= 0.6 is 0 Å². The fraction of sp³-hybridized carbons (Fsp3) is 0.333. The van der Waals surface area contributed by atoms with Crippen molar-refractivity contribution in [3.05, 3.63) is 24.0 Å². The number of benzene rings is 1. The summed E-state index contributed by atoms with van der Waals surface area (Å²) in [4.78, 5) is 0. The molecule has 0 fully saturated rings. The molecule has 2 rings (SSSR count). The highest BCUT2D eigenvalue weighted by Crippen LogP contribution is 2.26. The molecule has 96 valence electrons. The number of hydrogen-bond donors (Lipinski definition) is 2. The second-order valence-electron chi connectivity index (χ2n) is 3.85. The number of nitrogen functional groups attached to an aromatic ring is 1. The molecular weight excluding hydrogens is 233 g/mol. The number of hydrogen-bond acceptors (Lipinski definition) is 4. The molecule has 1 aromatic heterocycles. The first-order chi connectivity index (χ1) is 8.67. The Morgan fingerprint density at radius 1 is 1.33 bits per heavy atom. The summed E-state index contributed by atoms with van der Waals surface area (Å²) in [7, 11) is 0. The fourth-order valence-corrected chi connectivity index (χ4v) is 1.83. The SMILES string of the molecule is CCNc1nnc(-c2ccc(F)cc2N)n1CC. The minimum absolute atomic E-state index is 0.356. The van der Waals surface area contributed by atoms with Crippen molar-refractivity contribution in [2.45, 2.75) is 20.4 Å². The smallest absolute Gasteiger partial charge is 0.224 e. The number of nitrogens with one attached hydrogen (secondary N) is 1. The molecule has 1 aromatic carbocycles. The third-order valence-electron chi connectivity index (χ3n) is 2.66. The normalized spacial score (nSPS) is 10.6. The summed E-state index contributed by atoms with van der Waals surface area (Å²) in [5.41, 5.74) is 6.87.